The maximum atomic E-state index is 12.1. The van der Waals surface area contributed by atoms with Crippen molar-refractivity contribution in [3.05, 3.63) is 18.2 Å². The van der Waals surface area contributed by atoms with Crippen molar-refractivity contribution in [3.63, 3.8) is 0 Å². The van der Waals surface area contributed by atoms with Crippen LogP contribution in [0.2, 0.25) is 0 Å². The van der Waals surface area contributed by atoms with Crippen LogP contribution in [0.4, 0.5) is 5.69 Å². The molecule has 5 nitrogen and oxygen atoms in total. The molecule has 0 saturated carbocycles. The van der Waals surface area contributed by atoms with Crippen molar-refractivity contribution in [1.29, 1.82) is 0 Å². The zero-order chi connectivity index (χ0) is 13.3. The second-order valence-corrected chi connectivity index (χ2v) is 6.56. The van der Waals surface area contributed by atoms with Crippen LogP contribution < -0.4 is 5.73 Å². The molecule has 0 aliphatic carbocycles. The van der Waals surface area contributed by atoms with Crippen molar-refractivity contribution in [2.24, 2.45) is 5.92 Å². The predicted octanol–water partition coefficient (Wildman–Crippen LogP) is 1.96. The minimum Gasteiger partial charge on any atom is -0.399 e. The summed E-state index contributed by atoms with van der Waals surface area (Å²) in [4.78, 5) is 6.94. The van der Waals surface area contributed by atoms with Gasteiger partial charge in [-0.15, -0.1) is 0 Å². The first-order chi connectivity index (χ1) is 8.42. The molecule has 0 bridgehead atoms. The molecule has 0 saturated heterocycles. The molecule has 1 heterocycles. The van der Waals surface area contributed by atoms with Crippen molar-refractivity contribution in [1.82, 2.24) is 9.97 Å². The highest BCUT2D eigenvalue weighted by Crippen LogP contribution is 2.19. The Kier molecular flexibility index (Phi) is 3.30. The number of imidazole rings is 1. The number of sulfone groups is 1. The molecule has 2 aromatic rings. The van der Waals surface area contributed by atoms with E-state index in [0.717, 1.165) is 6.42 Å². The molecule has 1 atom stereocenters. The molecule has 0 spiro atoms. The van der Waals surface area contributed by atoms with Crippen LogP contribution in [-0.4, -0.2) is 24.1 Å². The minimum atomic E-state index is -3.35. The van der Waals surface area contributed by atoms with Crippen LogP contribution in [0, 0.1) is 5.92 Å². The molecule has 1 aromatic heterocycles. The summed E-state index contributed by atoms with van der Waals surface area (Å²) in [5.41, 5.74) is 7.50. The summed E-state index contributed by atoms with van der Waals surface area (Å²) >= 11 is 0. The first-order valence-electron chi connectivity index (χ1n) is 5.90. The molecular formula is C12H17N3O2S. The van der Waals surface area contributed by atoms with Gasteiger partial charge >= 0.3 is 0 Å². The van der Waals surface area contributed by atoms with Crippen LogP contribution in [0.3, 0.4) is 0 Å². The van der Waals surface area contributed by atoms with Gasteiger partial charge in [-0.05, 0) is 24.1 Å². The van der Waals surface area contributed by atoms with Crippen molar-refractivity contribution in [2.75, 3.05) is 11.5 Å². The number of hydrogen-bond donors (Lipinski definition) is 2. The van der Waals surface area contributed by atoms with Crippen LogP contribution in [0.25, 0.3) is 11.0 Å². The number of nitrogens with one attached hydrogen (secondary N) is 1. The Hall–Kier alpha value is -1.56. The van der Waals surface area contributed by atoms with Gasteiger partial charge in [0.2, 0.25) is 15.0 Å². The lowest BCUT2D eigenvalue weighted by molar-refractivity contribution is 0.559. The fourth-order valence-electron chi connectivity index (χ4n) is 1.72. The number of aromatic nitrogens is 2. The highest BCUT2D eigenvalue weighted by Gasteiger charge is 2.21. The number of anilines is 1. The van der Waals surface area contributed by atoms with Crippen LogP contribution in [0.15, 0.2) is 23.4 Å². The number of nitrogen functional groups attached to an aromatic ring is 1. The zero-order valence-electron chi connectivity index (χ0n) is 10.5. The van der Waals surface area contributed by atoms with E-state index in [1.165, 1.54) is 0 Å². The smallest absolute Gasteiger partial charge is 0.226 e. The third-order valence-electron chi connectivity index (χ3n) is 2.98. The van der Waals surface area contributed by atoms with Gasteiger partial charge < -0.3 is 10.7 Å². The van der Waals surface area contributed by atoms with Gasteiger partial charge in [0.25, 0.3) is 0 Å². The van der Waals surface area contributed by atoms with Crippen LogP contribution in [-0.2, 0) is 9.84 Å². The second-order valence-electron chi connectivity index (χ2n) is 4.61. The molecule has 0 amide bonds. The van der Waals surface area contributed by atoms with E-state index in [0.29, 0.717) is 16.7 Å². The summed E-state index contributed by atoms with van der Waals surface area (Å²) < 4.78 is 24.3. The lowest BCUT2D eigenvalue weighted by atomic mass is 10.2. The van der Waals surface area contributed by atoms with Crippen molar-refractivity contribution < 1.29 is 8.42 Å². The van der Waals surface area contributed by atoms with E-state index in [4.69, 9.17) is 5.73 Å². The first-order valence-corrected chi connectivity index (χ1v) is 7.55. The minimum absolute atomic E-state index is 0.0309. The molecule has 0 radical (unpaired) electrons. The van der Waals surface area contributed by atoms with Gasteiger partial charge in [0, 0.05) is 5.69 Å². The van der Waals surface area contributed by atoms with Gasteiger partial charge in [0.15, 0.2) is 0 Å². The summed E-state index contributed by atoms with van der Waals surface area (Å²) in [6, 6.07) is 5.10. The highest BCUT2D eigenvalue weighted by molar-refractivity contribution is 7.91. The predicted molar refractivity (Wildman–Crippen MR) is 72.0 cm³/mol. The average Bonchev–Trinajstić information content (AvgIpc) is 2.71. The lowest BCUT2D eigenvalue weighted by Gasteiger charge is -2.06. The molecule has 0 aliphatic rings. The summed E-state index contributed by atoms with van der Waals surface area (Å²) in [6.45, 7) is 3.89. The summed E-state index contributed by atoms with van der Waals surface area (Å²) in [5.74, 6) is 0.229. The third-order valence-corrected chi connectivity index (χ3v) is 4.77. The van der Waals surface area contributed by atoms with Crippen molar-refractivity contribution >= 4 is 26.6 Å². The second kappa shape index (κ2) is 4.61. The topological polar surface area (TPSA) is 88.8 Å². The van der Waals surface area contributed by atoms with Crippen LogP contribution >= 0.6 is 0 Å². The first kappa shape index (κ1) is 12.9. The molecule has 0 fully saturated rings. The van der Waals surface area contributed by atoms with Gasteiger partial charge in [-0.1, -0.05) is 20.3 Å². The normalized spacial score (nSPS) is 13.9. The molecule has 18 heavy (non-hydrogen) atoms. The molecule has 1 unspecified atom stereocenters. The fraction of sp³-hybridized carbons (Fsp3) is 0.417. The Morgan fingerprint density at radius 3 is 2.83 bits per heavy atom. The number of nitrogens with zero attached hydrogens (tertiary/aromatic N) is 1. The Morgan fingerprint density at radius 1 is 1.44 bits per heavy atom. The lowest BCUT2D eigenvalue weighted by Crippen LogP contribution is -2.14. The molecule has 98 valence electrons. The number of benzene rings is 1. The molecule has 0 aliphatic heterocycles. The van der Waals surface area contributed by atoms with Crippen LogP contribution in [0.5, 0.6) is 0 Å². The summed E-state index contributed by atoms with van der Waals surface area (Å²) in [6.07, 6.45) is 0.826. The van der Waals surface area contributed by atoms with E-state index < -0.39 is 9.84 Å². The maximum absolute atomic E-state index is 12.1. The molecule has 6 heteroatoms. The quantitative estimate of drug-likeness (QED) is 0.829. The number of hydrogen-bond acceptors (Lipinski definition) is 4. The standard InChI is InChI=1S/C12H17N3O2S/c1-3-8(2)7-18(16,17)12-14-10-5-4-9(13)6-11(10)15-12/h4-6,8H,3,7,13H2,1-2H3,(H,14,15). The van der Waals surface area contributed by atoms with E-state index in [9.17, 15) is 8.42 Å². The highest BCUT2D eigenvalue weighted by atomic mass is 32.2. The van der Waals surface area contributed by atoms with Gasteiger partial charge in [-0.2, -0.15) is 0 Å². The Labute approximate surface area is 106 Å². The van der Waals surface area contributed by atoms with Crippen molar-refractivity contribution in [3.8, 4) is 0 Å². The number of rotatable bonds is 4. The summed E-state index contributed by atoms with van der Waals surface area (Å²) in [7, 11) is -3.35. The van der Waals surface area contributed by atoms with E-state index in [-0.39, 0.29) is 16.8 Å². The van der Waals surface area contributed by atoms with Crippen LogP contribution in [0.1, 0.15) is 20.3 Å². The zero-order valence-corrected chi connectivity index (χ0v) is 11.3. The SMILES string of the molecule is CCC(C)CS(=O)(=O)c1nc2ccc(N)cc2[nH]1. The van der Waals surface area contributed by atoms with Gasteiger partial charge in [0.1, 0.15) is 0 Å². The van der Waals surface area contributed by atoms with E-state index in [1.807, 2.05) is 13.8 Å². The number of H-pyrrole nitrogens is 1. The fourth-order valence-corrected chi connectivity index (χ4v) is 3.37. The largest absolute Gasteiger partial charge is 0.399 e. The molecule has 3 N–H and O–H groups in total. The number of nitrogens with two attached hydrogens (primary N) is 1. The van der Waals surface area contributed by atoms with E-state index in [2.05, 4.69) is 9.97 Å². The monoisotopic (exact) mass is 267 g/mol. The molecule has 1 aromatic carbocycles. The summed E-state index contributed by atoms with van der Waals surface area (Å²) in [5, 5.41) is 0.0309. The van der Waals surface area contributed by atoms with Gasteiger partial charge in [0.05, 0.1) is 16.8 Å². The average molecular weight is 267 g/mol. The Morgan fingerprint density at radius 2 is 2.17 bits per heavy atom. The molecular weight excluding hydrogens is 250 g/mol. The number of aromatic amines is 1. The van der Waals surface area contributed by atoms with Gasteiger partial charge in [-0.25, -0.2) is 13.4 Å². The van der Waals surface area contributed by atoms with Gasteiger partial charge in [-0.3, -0.25) is 0 Å². The maximum Gasteiger partial charge on any atom is 0.226 e. The van der Waals surface area contributed by atoms with E-state index in [1.54, 1.807) is 18.2 Å². The third kappa shape index (κ3) is 2.48. The van der Waals surface area contributed by atoms with E-state index >= 15 is 0 Å². The number of fused-ring (bicyclic) bond motifs is 1. The Balaban J connectivity index is 2.42. The molecule has 2 rings (SSSR count). The van der Waals surface area contributed by atoms with Crippen molar-refractivity contribution in [2.45, 2.75) is 25.4 Å². The Bertz CT molecular complexity index is 661.